The molecule has 1 unspecified atom stereocenters. The van der Waals surface area contributed by atoms with E-state index >= 15 is 0 Å². The van der Waals surface area contributed by atoms with Gasteiger partial charge in [0, 0.05) is 11.6 Å². The Bertz CT molecular complexity index is 312. The average Bonchev–Trinajstić information content (AvgIpc) is 2.34. The molecule has 1 nitrogen and oxygen atoms in total. The van der Waals surface area contributed by atoms with Crippen LogP contribution in [0.4, 0.5) is 0 Å². The molecule has 0 aromatic heterocycles. The predicted octanol–water partition coefficient (Wildman–Crippen LogP) is 4.61. The quantitative estimate of drug-likeness (QED) is 0.667. The van der Waals surface area contributed by atoms with Gasteiger partial charge in [0.2, 0.25) is 0 Å². The molecule has 0 aliphatic heterocycles. The fourth-order valence-corrected chi connectivity index (χ4v) is 2.53. The van der Waals surface area contributed by atoms with Crippen molar-refractivity contribution in [1.29, 1.82) is 0 Å². The molecule has 0 fully saturated rings. The summed E-state index contributed by atoms with van der Waals surface area (Å²) in [6.07, 6.45) is 6.49. The van der Waals surface area contributed by atoms with E-state index in [9.17, 15) is 0 Å². The third-order valence-electron chi connectivity index (χ3n) is 3.20. The van der Waals surface area contributed by atoms with Crippen molar-refractivity contribution in [2.45, 2.75) is 44.9 Å². The maximum Gasteiger partial charge on any atom is 0.0441 e. The van der Waals surface area contributed by atoms with Gasteiger partial charge in [-0.2, -0.15) is 0 Å². The zero-order valence-electron chi connectivity index (χ0n) is 11.0. The first-order chi connectivity index (χ1) is 8.29. The second-order valence-electron chi connectivity index (χ2n) is 4.63. The second-order valence-corrected chi connectivity index (χ2v) is 5.03. The van der Waals surface area contributed by atoms with E-state index in [4.69, 9.17) is 11.6 Å². The number of hydrogen-bond donors (Lipinski definition) is 1. The topological polar surface area (TPSA) is 12.0 Å². The summed E-state index contributed by atoms with van der Waals surface area (Å²) in [6.45, 7) is 3.26. The SMILES string of the molecule is CCCCCCC(CNC)c1ccccc1Cl. The monoisotopic (exact) mass is 253 g/mol. The summed E-state index contributed by atoms with van der Waals surface area (Å²) in [5.41, 5.74) is 1.29. The molecule has 0 bridgehead atoms. The van der Waals surface area contributed by atoms with Crippen molar-refractivity contribution in [2.75, 3.05) is 13.6 Å². The lowest BCUT2D eigenvalue weighted by Crippen LogP contribution is -2.17. The Labute approximate surface area is 111 Å². The van der Waals surface area contributed by atoms with E-state index in [-0.39, 0.29) is 0 Å². The first-order valence-electron chi connectivity index (χ1n) is 6.68. The number of nitrogens with one attached hydrogen (secondary N) is 1. The third kappa shape index (κ3) is 5.10. The van der Waals surface area contributed by atoms with Crippen LogP contribution in [-0.2, 0) is 0 Å². The van der Waals surface area contributed by atoms with E-state index in [1.807, 2.05) is 19.2 Å². The van der Waals surface area contributed by atoms with Crippen LogP contribution in [0.25, 0.3) is 0 Å². The Morgan fingerprint density at radius 3 is 2.59 bits per heavy atom. The van der Waals surface area contributed by atoms with Crippen molar-refractivity contribution >= 4 is 11.6 Å². The lowest BCUT2D eigenvalue weighted by atomic mass is 9.93. The van der Waals surface area contributed by atoms with E-state index in [1.165, 1.54) is 37.7 Å². The van der Waals surface area contributed by atoms with Crippen LogP contribution in [0.5, 0.6) is 0 Å². The molecule has 0 spiro atoms. The van der Waals surface area contributed by atoms with Gasteiger partial charge in [0.05, 0.1) is 0 Å². The summed E-state index contributed by atoms with van der Waals surface area (Å²) in [7, 11) is 2.01. The molecule has 1 rings (SSSR count). The number of halogens is 1. The van der Waals surface area contributed by atoms with E-state index in [2.05, 4.69) is 24.4 Å². The fourth-order valence-electron chi connectivity index (χ4n) is 2.24. The second kappa shape index (κ2) is 8.54. The van der Waals surface area contributed by atoms with Crippen LogP contribution in [0.2, 0.25) is 5.02 Å². The highest BCUT2D eigenvalue weighted by Crippen LogP contribution is 2.28. The molecule has 17 heavy (non-hydrogen) atoms. The first-order valence-corrected chi connectivity index (χ1v) is 7.06. The first kappa shape index (κ1) is 14.5. The molecule has 1 aromatic carbocycles. The fraction of sp³-hybridized carbons (Fsp3) is 0.600. The van der Waals surface area contributed by atoms with E-state index in [0.29, 0.717) is 5.92 Å². The highest BCUT2D eigenvalue weighted by Gasteiger charge is 2.13. The highest BCUT2D eigenvalue weighted by molar-refractivity contribution is 6.31. The van der Waals surface area contributed by atoms with Crippen LogP contribution in [0.15, 0.2) is 24.3 Å². The van der Waals surface area contributed by atoms with Gasteiger partial charge in [-0.15, -0.1) is 0 Å². The summed E-state index contributed by atoms with van der Waals surface area (Å²) in [5.74, 6) is 0.547. The Kier molecular flexibility index (Phi) is 7.30. The summed E-state index contributed by atoms with van der Waals surface area (Å²) < 4.78 is 0. The summed E-state index contributed by atoms with van der Waals surface area (Å²) in [6, 6.07) is 8.23. The Morgan fingerprint density at radius 1 is 1.18 bits per heavy atom. The molecule has 1 aromatic rings. The number of likely N-dealkylation sites (N-methyl/N-ethyl adjacent to an activating group) is 1. The summed E-state index contributed by atoms with van der Waals surface area (Å²) in [5, 5.41) is 4.18. The van der Waals surface area contributed by atoms with Crippen molar-refractivity contribution in [3.63, 3.8) is 0 Å². The lowest BCUT2D eigenvalue weighted by molar-refractivity contribution is 0.533. The van der Waals surface area contributed by atoms with Crippen molar-refractivity contribution in [1.82, 2.24) is 5.32 Å². The molecule has 0 amide bonds. The van der Waals surface area contributed by atoms with Gasteiger partial charge in [-0.3, -0.25) is 0 Å². The maximum atomic E-state index is 6.27. The van der Waals surface area contributed by atoms with Crippen molar-refractivity contribution in [3.8, 4) is 0 Å². The Hall–Kier alpha value is -0.530. The molecular formula is C15H24ClN. The van der Waals surface area contributed by atoms with Gasteiger partial charge in [-0.25, -0.2) is 0 Å². The van der Waals surface area contributed by atoms with Crippen LogP contribution >= 0.6 is 11.6 Å². The third-order valence-corrected chi connectivity index (χ3v) is 3.55. The summed E-state index contributed by atoms with van der Waals surface area (Å²) in [4.78, 5) is 0. The van der Waals surface area contributed by atoms with Crippen LogP contribution in [0, 0.1) is 0 Å². The smallest absolute Gasteiger partial charge is 0.0441 e. The van der Waals surface area contributed by atoms with Crippen molar-refractivity contribution < 1.29 is 0 Å². The van der Waals surface area contributed by atoms with Gasteiger partial charge >= 0.3 is 0 Å². The number of benzene rings is 1. The van der Waals surface area contributed by atoms with Gasteiger partial charge in [-0.1, -0.05) is 62.4 Å². The van der Waals surface area contributed by atoms with Crippen molar-refractivity contribution in [3.05, 3.63) is 34.9 Å². The molecular weight excluding hydrogens is 230 g/mol. The molecule has 0 aliphatic rings. The molecule has 0 heterocycles. The van der Waals surface area contributed by atoms with Crippen LogP contribution < -0.4 is 5.32 Å². The van der Waals surface area contributed by atoms with Gasteiger partial charge in [-0.05, 0) is 31.0 Å². The van der Waals surface area contributed by atoms with Crippen LogP contribution in [0.3, 0.4) is 0 Å². The van der Waals surface area contributed by atoms with Gasteiger partial charge < -0.3 is 5.32 Å². The zero-order valence-corrected chi connectivity index (χ0v) is 11.8. The number of rotatable bonds is 8. The Morgan fingerprint density at radius 2 is 1.94 bits per heavy atom. The van der Waals surface area contributed by atoms with Crippen molar-refractivity contribution in [2.24, 2.45) is 0 Å². The molecule has 0 radical (unpaired) electrons. The average molecular weight is 254 g/mol. The molecule has 2 heteroatoms. The molecule has 96 valence electrons. The largest absolute Gasteiger partial charge is 0.319 e. The van der Waals surface area contributed by atoms with Gasteiger partial charge in [0.1, 0.15) is 0 Å². The zero-order chi connectivity index (χ0) is 12.5. The molecule has 1 atom stereocenters. The van der Waals surface area contributed by atoms with Gasteiger partial charge in [0.15, 0.2) is 0 Å². The minimum Gasteiger partial charge on any atom is -0.319 e. The lowest BCUT2D eigenvalue weighted by Gasteiger charge is -2.18. The molecule has 0 saturated heterocycles. The van der Waals surface area contributed by atoms with Gasteiger partial charge in [0.25, 0.3) is 0 Å². The molecule has 0 saturated carbocycles. The van der Waals surface area contributed by atoms with E-state index in [1.54, 1.807) is 0 Å². The maximum absolute atomic E-state index is 6.27. The highest BCUT2D eigenvalue weighted by atomic mass is 35.5. The minimum atomic E-state index is 0.547. The number of unbranched alkanes of at least 4 members (excludes halogenated alkanes) is 3. The standard InChI is InChI=1S/C15H24ClN/c1-3-4-5-6-9-13(12-17-2)14-10-7-8-11-15(14)16/h7-8,10-11,13,17H,3-6,9,12H2,1-2H3. The summed E-state index contributed by atoms with van der Waals surface area (Å²) >= 11 is 6.27. The minimum absolute atomic E-state index is 0.547. The van der Waals surface area contributed by atoms with E-state index in [0.717, 1.165) is 11.6 Å². The van der Waals surface area contributed by atoms with Crippen LogP contribution in [-0.4, -0.2) is 13.6 Å². The molecule has 0 aliphatic carbocycles. The van der Waals surface area contributed by atoms with Crippen LogP contribution in [0.1, 0.15) is 50.5 Å². The molecule has 1 N–H and O–H groups in total. The van der Waals surface area contributed by atoms with E-state index < -0.39 is 0 Å². The normalized spacial score (nSPS) is 12.6. The Balaban J connectivity index is 2.56. The number of hydrogen-bond acceptors (Lipinski definition) is 1. The predicted molar refractivity (Wildman–Crippen MR) is 76.9 cm³/mol.